The summed E-state index contributed by atoms with van der Waals surface area (Å²) in [5.41, 5.74) is 6.62. The molecule has 2 N–H and O–H groups in total. The zero-order chi connectivity index (χ0) is 12.6. The Balaban J connectivity index is 2.66. The van der Waals surface area contributed by atoms with Crippen molar-refractivity contribution in [2.45, 2.75) is 26.2 Å². The number of para-hydroxylation sites is 1. The van der Waals surface area contributed by atoms with E-state index in [9.17, 15) is 4.39 Å². The molecule has 0 atom stereocenters. The van der Waals surface area contributed by atoms with Crippen LogP contribution in [0.5, 0.6) is 0 Å². The Morgan fingerprint density at radius 3 is 2.47 bits per heavy atom. The molecule has 0 aliphatic carbocycles. The molecule has 5 heteroatoms. The largest absolute Gasteiger partial charge is 0.381 e. The van der Waals surface area contributed by atoms with Gasteiger partial charge < -0.3 is 5.73 Å². The topological polar surface area (TPSA) is 56.7 Å². The third-order valence-corrected chi connectivity index (χ3v) is 2.49. The van der Waals surface area contributed by atoms with Crippen molar-refractivity contribution in [1.82, 2.24) is 15.0 Å². The van der Waals surface area contributed by atoms with Gasteiger partial charge in [0.1, 0.15) is 11.5 Å². The summed E-state index contributed by atoms with van der Waals surface area (Å²) >= 11 is 0. The molecule has 0 saturated carbocycles. The predicted molar refractivity (Wildman–Crippen MR) is 64.4 cm³/mol. The van der Waals surface area contributed by atoms with Gasteiger partial charge in [0.25, 0.3) is 0 Å². The number of halogens is 1. The number of anilines is 1. The van der Waals surface area contributed by atoms with Gasteiger partial charge in [0.15, 0.2) is 5.82 Å². The van der Waals surface area contributed by atoms with Crippen molar-refractivity contribution < 1.29 is 4.39 Å². The lowest BCUT2D eigenvalue weighted by molar-refractivity contribution is 0.532. The maximum atomic E-state index is 13.7. The molecular weight excluding hydrogens is 219 g/mol. The Bertz CT molecular complexity index is 540. The van der Waals surface area contributed by atoms with Crippen LogP contribution in [0.25, 0.3) is 5.69 Å². The number of aromatic nitrogens is 3. The number of nitrogens with two attached hydrogens (primary N) is 1. The van der Waals surface area contributed by atoms with Gasteiger partial charge in [-0.2, -0.15) is 0 Å². The van der Waals surface area contributed by atoms with E-state index in [1.165, 1.54) is 10.7 Å². The van der Waals surface area contributed by atoms with E-state index >= 15 is 0 Å². The summed E-state index contributed by atoms with van der Waals surface area (Å²) in [5.74, 6) is -0.0105. The molecule has 0 aliphatic rings. The monoisotopic (exact) mass is 234 g/mol. The van der Waals surface area contributed by atoms with Crippen molar-refractivity contribution in [3.8, 4) is 5.69 Å². The summed E-state index contributed by atoms with van der Waals surface area (Å²) < 4.78 is 15.2. The van der Waals surface area contributed by atoms with Crippen LogP contribution < -0.4 is 5.73 Å². The minimum atomic E-state index is -0.345. The fraction of sp³-hybridized carbons (Fsp3) is 0.333. The number of rotatable bonds is 1. The highest BCUT2D eigenvalue weighted by atomic mass is 19.1. The summed E-state index contributed by atoms with van der Waals surface area (Å²) in [6.07, 6.45) is 0. The Hall–Kier alpha value is -1.91. The second-order valence-electron chi connectivity index (χ2n) is 4.94. The second-order valence-corrected chi connectivity index (χ2v) is 4.94. The van der Waals surface area contributed by atoms with E-state index in [2.05, 4.69) is 10.3 Å². The molecule has 0 amide bonds. The van der Waals surface area contributed by atoms with Gasteiger partial charge in [0.05, 0.1) is 5.69 Å². The van der Waals surface area contributed by atoms with Gasteiger partial charge in [-0.25, -0.2) is 9.07 Å². The first kappa shape index (κ1) is 11.6. The van der Waals surface area contributed by atoms with Crippen molar-refractivity contribution in [2.24, 2.45) is 0 Å². The molecule has 0 saturated heterocycles. The van der Waals surface area contributed by atoms with E-state index in [0.717, 1.165) is 0 Å². The van der Waals surface area contributed by atoms with Crippen LogP contribution in [0.3, 0.4) is 0 Å². The number of nitrogen functional groups attached to an aromatic ring is 1. The number of hydrogen-bond acceptors (Lipinski definition) is 3. The third kappa shape index (κ3) is 2.00. The summed E-state index contributed by atoms with van der Waals surface area (Å²) in [5, 5.41) is 7.74. The van der Waals surface area contributed by atoms with Crippen molar-refractivity contribution in [2.75, 3.05) is 5.73 Å². The Morgan fingerprint density at radius 1 is 1.24 bits per heavy atom. The van der Waals surface area contributed by atoms with E-state index in [1.54, 1.807) is 18.2 Å². The van der Waals surface area contributed by atoms with Crippen LogP contribution >= 0.6 is 0 Å². The Morgan fingerprint density at radius 2 is 1.88 bits per heavy atom. The highest BCUT2D eigenvalue weighted by molar-refractivity contribution is 5.44. The first-order valence-electron chi connectivity index (χ1n) is 5.38. The van der Waals surface area contributed by atoms with Crippen molar-refractivity contribution in [1.29, 1.82) is 0 Å². The first-order valence-corrected chi connectivity index (χ1v) is 5.38. The number of hydrogen-bond donors (Lipinski definition) is 1. The van der Waals surface area contributed by atoms with Crippen molar-refractivity contribution in [3.63, 3.8) is 0 Å². The van der Waals surface area contributed by atoms with Gasteiger partial charge in [-0.05, 0) is 12.1 Å². The maximum Gasteiger partial charge on any atom is 0.170 e. The van der Waals surface area contributed by atoms with E-state index < -0.39 is 0 Å². The molecule has 0 fully saturated rings. The minimum absolute atomic E-state index is 0.254. The molecule has 1 aromatic carbocycles. The fourth-order valence-corrected chi connectivity index (χ4v) is 1.79. The van der Waals surface area contributed by atoms with E-state index in [1.807, 2.05) is 20.8 Å². The van der Waals surface area contributed by atoms with Gasteiger partial charge in [-0.1, -0.05) is 38.1 Å². The lowest BCUT2D eigenvalue weighted by atomic mass is 9.91. The quantitative estimate of drug-likeness (QED) is 0.823. The molecule has 0 spiro atoms. The highest BCUT2D eigenvalue weighted by Gasteiger charge is 2.25. The maximum absolute atomic E-state index is 13.7. The molecule has 0 bridgehead atoms. The minimum Gasteiger partial charge on any atom is -0.381 e. The summed E-state index contributed by atoms with van der Waals surface area (Å²) in [6.45, 7) is 5.96. The van der Waals surface area contributed by atoms with Gasteiger partial charge in [0.2, 0.25) is 0 Å². The van der Waals surface area contributed by atoms with Crippen LogP contribution in [0.2, 0.25) is 0 Å². The highest BCUT2D eigenvalue weighted by Crippen LogP contribution is 2.28. The van der Waals surface area contributed by atoms with Crippen LogP contribution in [0.4, 0.5) is 10.2 Å². The summed E-state index contributed by atoms with van der Waals surface area (Å²) in [7, 11) is 0. The molecule has 0 aliphatic heterocycles. The molecule has 0 unspecified atom stereocenters. The van der Waals surface area contributed by atoms with Crippen LogP contribution in [-0.4, -0.2) is 15.0 Å². The Labute approximate surface area is 99.2 Å². The lowest BCUT2D eigenvalue weighted by Gasteiger charge is -2.20. The lowest BCUT2D eigenvalue weighted by Crippen LogP contribution is -2.19. The SMILES string of the molecule is CC(C)(C)c1c(N)nnn1-c1ccccc1F. The van der Waals surface area contributed by atoms with Crippen molar-refractivity contribution in [3.05, 3.63) is 35.8 Å². The summed E-state index contributed by atoms with van der Waals surface area (Å²) in [4.78, 5) is 0. The predicted octanol–water partition coefficient (Wildman–Crippen LogP) is 2.29. The molecule has 2 rings (SSSR count). The molecule has 1 heterocycles. The van der Waals surface area contributed by atoms with Gasteiger partial charge in [0, 0.05) is 5.41 Å². The molecule has 0 radical (unpaired) electrons. The van der Waals surface area contributed by atoms with Gasteiger partial charge in [-0.15, -0.1) is 5.10 Å². The molecular formula is C12H15FN4. The molecule has 2 aromatic rings. The zero-order valence-corrected chi connectivity index (χ0v) is 10.1. The Kier molecular flexibility index (Phi) is 2.61. The van der Waals surface area contributed by atoms with Gasteiger partial charge >= 0.3 is 0 Å². The normalized spacial score (nSPS) is 11.8. The molecule has 1 aromatic heterocycles. The average Bonchev–Trinajstić information content (AvgIpc) is 2.60. The van der Waals surface area contributed by atoms with Crippen LogP contribution in [0, 0.1) is 5.82 Å². The first-order chi connectivity index (χ1) is 7.91. The van der Waals surface area contributed by atoms with Crippen LogP contribution in [0.1, 0.15) is 26.5 Å². The van der Waals surface area contributed by atoms with E-state index in [0.29, 0.717) is 17.2 Å². The average molecular weight is 234 g/mol. The number of benzene rings is 1. The number of nitrogens with zero attached hydrogens (tertiary/aromatic N) is 3. The van der Waals surface area contributed by atoms with E-state index in [4.69, 9.17) is 5.73 Å². The summed E-state index contributed by atoms with van der Waals surface area (Å²) in [6, 6.07) is 6.43. The zero-order valence-electron chi connectivity index (χ0n) is 10.1. The standard InChI is InChI=1S/C12H15FN4/c1-12(2,3)10-11(14)15-16-17(10)9-7-5-4-6-8(9)13/h4-7H,14H2,1-3H3. The molecule has 90 valence electrons. The second kappa shape index (κ2) is 3.84. The van der Waals surface area contributed by atoms with Crippen molar-refractivity contribution >= 4 is 5.82 Å². The van der Waals surface area contributed by atoms with Crippen LogP contribution in [0.15, 0.2) is 24.3 Å². The van der Waals surface area contributed by atoms with E-state index in [-0.39, 0.29) is 11.2 Å². The molecule has 4 nitrogen and oxygen atoms in total. The fourth-order valence-electron chi connectivity index (χ4n) is 1.79. The van der Waals surface area contributed by atoms with Crippen LogP contribution in [-0.2, 0) is 5.41 Å². The third-order valence-electron chi connectivity index (χ3n) is 2.49. The molecule has 17 heavy (non-hydrogen) atoms. The smallest absolute Gasteiger partial charge is 0.170 e. The van der Waals surface area contributed by atoms with Gasteiger partial charge in [-0.3, -0.25) is 0 Å².